The van der Waals surface area contributed by atoms with Crippen LogP contribution in [-0.2, 0) is 0 Å². The molecule has 0 aliphatic heterocycles. The van der Waals surface area contributed by atoms with Gasteiger partial charge in [-0.2, -0.15) is 0 Å². The van der Waals surface area contributed by atoms with E-state index in [1.165, 1.54) is 0 Å². The SMILES string of the molecule is [N-]=[N+]=NCC(O)C(O)c1ccc2[nH]c(=O)[nH]c2c1. The van der Waals surface area contributed by atoms with E-state index in [2.05, 4.69) is 20.0 Å². The van der Waals surface area contributed by atoms with Crippen molar-refractivity contribution in [1.29, 1.82) is 0 Å². The molecular formula is C10H11N5O3. The van der Waals surface area contributed by atoms with Gasteiger partial charge in [-0.15, -0.1) is 0 Å². The lowest BCUT2D eigenvalue weighted by Gasteiger charge is -2.16. The number of H-pyrrole nitrogens is 2. The molecule has 18 heavy (non-hydrogen) atoms. The average molecular weight is 249 g/mol. The summed E-state index contributed by atoms with van der Waals surface area (Å²) >= 11 is 0. The summed E-state index contributed by atoms with van der Waals surface area (Å²) in [5, 5.41) is 22.6. The van der Waals surface area contributed by atoms with Crippen LogP contribution in [0.3, 0.4) is 0 Å². The maximum absolute atomic E-state index is 11.1. The number of nitrogens with zero attached hydrogens (tertiary/aromatic N) is 3. The minimum atomic E-state index is -1.19. The number of aliphatic hydroxyl groups is 2. The van der Waals surface area contributed by atoms with Crippen molar-refractivity contribution in [3.05, 3.63) is 44.7 Å². The van der Waals surface area contributed by atoms with E-state index in [0.29, 0.717) is 16.6 Å². The van der Waals surface area contributed by atoms with Gasteiger partial charge in [0.05, 0.1) is 23.7 Å². The van der Waals surface area contributed by atoms with Crippen molar-refractivity contribution < 1.29 is 10.2 Å². The van der Waals surface area contributed by atoms with Gasteiger partial charge in [0.1, 0.15) is 6.10 Å². The Morgan fingerprint density at radius 3 is 2.78 bits per heavy atom. The van der Waals surface area contributed by atoms with Crippen LogP contribution in [-0.4, -0.2) is 32.8 Å². The zero-order chi connectivity index (χ0) is 13.1. The predicted molar refractivity (Wildman–Crippen MR) is 63.9 cm³/mol. The Kier molecular flexibility index (Phi) is 3.33. The fraction of sp³-hybridized carbons (Fsp3) is 0.300. The topological polar surface area (TPSA) is 138 Å². The third-order valence-corrected chi connectivity index (χ3v) is 2.58. The highest BCUT2D eigenvalue weighted by atomic mass is 16.3. The zero-order valence-corrected chi connectivity index (χ0v) is 9.24. The van der Waals surface area contributed by atoms with Gasteiger partial charge < -0.3 is 20.2 Å². The first kappa shape index (κ1) is 12.2. The van der Waals surface area contributed by atoms with E-state index in [4.69, 9.17) is 5.53 Å². The summed E-state index contributed by atoms with van der Waals surface area (Å²) in [5.74, 6) is 0. The minimum Gasteiger partial charge on any atom is -0.390 e. The van der Waals surface area contributed by atoms with Crippen molar-refractivity contribution in [2.45, 2.75) is 12.2 Å². The molecule has 2 atom stereocenters. The lowest BCUT2D eigenvalue weighted by molar-refractivity contribution is 0.0245. The predicted octanol–water partition coefficient (Wildman–Crippen LogP) is 0.561. The van der Waals surface area contributed by atoms with Crippen LogP contribution in [0.4, 0.5) is 0 Å². The maximum atomic E-state index is 11.1. The summed E-state index contributed by atoms with van der Waals surface area (Å²) in [7, 11) is 0. The molecule has 4 N–H and O–H groups in total. The number of aromatic amines is 2. The molecule has 0 saturated heterocycles. The fourth-order valence-corrected chi connectivity index (χ4v) is 1.68. The third-order valence-electron chi connectivity index (χ3n) is 2.58. The molecule has 2 unspecified atom stereocenters. The molecule has 0 fully saturated rings. The smallest absolute Gasteiger partial charge is 0.323 e. The van der Waals surface area contributed by atoms with Crippen molar-refractivity contribution in [2.75, 3.05) is 6.54 Å². The molecule has 94 valence electrons. The maximum Gasteiger partial charge on any atom is 0.323 e. The number of hydrogen-bond donors (Lipinski definition) is 4. The van der Waals surface area contributed by atoms with Crippen LogP contribution in [0.1, 0.15) is 11.7 Å². The number of benzene rings is 1. The Morgan fingerprint density at radius 2 is 2.06 bits per heavy atom. The van der Waals surface area contributed by atoms with Gasteiger partial charge in [0.25, 0.3) is 0 Å². The first-order chi connectivity index (χ1) is 8.61. The highest BCUT2D eigenvalue weighted by Gasteiger charge is 2.18. The molecule has 0 aliphatic carbocycles. The first-order valence-corrected chi connectivity index (χ1v) is 5.21. The number of aromatic nitrogens is 2. The monoisotopic (exact) mass is 249 g/mol. The van der Waals surface area contributed by atoms with E-state index < -0.39 is 12.2 Å². The summed E-state index contributed by atoms with van der Waals surface area (Å²) in [5.41, 5.74) is 9.37. The van der Waals surface area contributed by atoms with E-state index in [-0.39, 0.29) is 12.2 Å². The number of rotatable bonds is 4. The summed E-state index contributed by atoms with van der Waals surface area (Å²) in [6, 6.07) is 4.75. The molecule has 1 aromatic heterocycles. The third kappa shape index (κ3) is 2.35. The normalized spacial score (nSPS) is 14.1. The van der Waals surface area contributed by atoms with Crippen molar-refractivity contribution in [3.63, 3.8) is 0 Å². The van der Waals surface area contributed by atoms with Gasteiger partial charge in [-0.1, -0.05) is 11.2 Å². The Bertz CT molecular complexity index is 655. The first-order valence-electron chi connectivity index (χ1n) is 5.21. The summed E-state index contributed by atoms with van der Waals surface area (Å²) in [6.45, 7) is -0.223. The van der Waals surface area contributed by atoms with Crippen molar-refractivity contribution in [3.8, 4) is 0 Å². The standard InChI is InChI=1S/C10H11N5O3/c11-15-12-4-8(16)9(17)5-1-2-6-7(3-5)14-10(18)13-6/h1-3,8-9,16-17H,4H2,(H2,13,14,18). The molecule has 0 bridgehead atoms. The Morgan fingerprint density at radius 1 is 1.33 bits per heavy atom. The van der Waals surface area contributed by atoms with E-state index in [1.54, 1.807) is 18.2 Å². The van der Waals surface area contributed by atoms with Gasteiger partial charge >= 0.3 is 5.69 Å². The van der Waals surface area contributed by atoms with Crippen molar-refractivity contribution in [1.82, 2.24) is 9.97 Å². The number of hydrogen-bond acceptors (Lipinski definition) is 4. The second-order valence-electron chi connectivity index (χ2n) is 3.81. The second-order valence-corrected chi connectivity index (χ2v) is 3.81. The quantitative estimate of drug-likeness (QED) is 0.357. The van der Waals surface area contributed by atoms with Gasteiger partial charge in [-0.05, 0) is 23.2 Å². The lowest BCUT2D eigenvalue weighted by atomic mass is 10.0. The second kappa shape index (κ2) is 4.92. The molecule has 0 amide bonds. The van der Waals surface area contributed by atoms with E-state index in [0.717, 1.165) is 0 Å². The largest absolute Gasteiger partial charge is 0.390 e. The Hall–Kier alpha value is -2.28. The van der Waals surface area contributed by atoms with Crippen molar-refractivity contribution >= 4 is 11.0 Å². The molecule has 2 rings (SSSR count). The van der Waals surface area contributed by atoms with Crippen LogP contribution in [0, 0.1) is 0 Å². The van der Waals surface area contributed by atoms with Crippen molar-refractivity contribution in [2.24, 2.45) is 5.11 Å². The number of nitrogens with one attached hydrogen (secondary N) is 2. The fourth-order valence-electron chi connectivity index (χ4n) is 1.68. The molecule has 0 aliphatic rings. The van der Waals surface area contributed by atoms with Crippen LogP contribution in [0.2, 0.25) is 0 Å². The van der Waals surface area contributed by atoms with Gasteiger partial charge in [-0.25, -0.2) is 4.79 Å². The molecule has 1 aromatic carbocycles. The number of imidazole rings is 1. The molecule has 0 radical (unpaired) electrons. The summed E-state index contributed by atoms with van der Waals surface area (Å²) in [4.78, 5) is 18.7. The molecular weight excluding hydrogens is 238 g/mol. The Balaban J connectivity index is 2.29. The molecule has 2 aromatic rings. The molecule has 8 nitrogen and oxygen atoms in total. The van der Waals surface area contributed by atoms with E-state index >= 15 is 0 Å². The molecule has 0 saturated carbocycles. The zero-order valence-electron chi connectivity index (χ0n) is 9.24. The summed E-state index contributed by atoms with van der Waals surface area (Å²) in [6.07, 6.45) is -2.37. The van der Waals surface area contributed by atoms with E-state index in [9.17, 15) is 15.0 Å². The highest BCUT2D eigenvalue weighted by molar-refractivity contribution is 5.75. The number of fused-ring (bicyclic) bond motifs is 1. The van der Waals surface area contributed by atoms with Gasteiger partial charge in [-0.3, -0.25) is 0 Å². The molecule has 0 spiro atoms. The minimum absolute atomic E-state index is 0.223. The number of aliphatic hydroxyl groups excluding tert-OH is 2. The van der Waals surface area contributed by atoms with Crippen LogP contribution >= 0.6 is 0 Å². The summed E-state index contributed by atoms with van der Waals surface area (Å²) < 4.78 is 0. The van der Waals surface area contributed by atoms with Gasteiger partial charge in [0, 0.05) is 4.91 Å². The van der Waals surface area contributed by atoms with Gasteiger partial charge in [0.15, 0.2) is 0 Å². The van der Waals surface area contributed by atoms with Crippen LogP contribution in [0.25, 0.3) is 21.5 Å². The van der Waals surface area contributed by atoms with Crippen LogP contribution in [0.5, 0.6) is 0 Å². The highest BCUT2D eigenvalue weighted by Crippen LogP contribution is 2.20. The van der Waals surface area contributed by atoms with Crippen LogP contribution in [0.15, 0.2) is 28.1 Å². The molecule has 1 heterocycles. The average Bonchev–Trinajstić information content (AvgIpc) is 2.73. The van der Waals surface area contributed by atoms with Gasteiger partial charge in [0.2, 0.25) is 0 Å². The molecule has 8 heteroatoms. The lowest BCUT2D eigenvalue weighted by Crippen LogP contribution is -2.21. The number of azide groups is 1. The van der Waals surface area contributed by atoms with Crippen LogP contribution < -0.4 is 5.69 Å². The van der Waals surface area contributed by atoms with E-state index in [1.807, 2.05) is 0 Å². The Labute approximate surface area is 101 Å².